The molecule has 1 N–H and O–H groups in total. The first kappa shape index (κ1) is 19.6. The minimum absolute atomic E-state index is 0. The molecule has 0 bridgehead atoms. The Hall–Kier alpha value is -1.70. The molecule has 0 aliphatic carbocycles. The van der Waals surface area contributed by atoms with Crippen LogP contribution in [0, 0.1) is 10.1 Å². The van der Waals surface area contributed by atoms with Crippen LogP contribution in [0.5, 0.6) is 0 Å². The molecule has 1 aromatic heterocycles. The molecule has 2 aromatic rings. The molecule has 0 spiro atoms. The van der Waals surface area contributed by atoms with E-state index in [2.05, 4.69) is 12.2 Å². The third-order valence-corrected chi connectivity index (χ3v) is 5.50. The predicted octanol–water partition coefficient (Wildman–Crippen LogP) is 3.84. The standard InChI is InChI=1S/C17H21N3O3S.ClH/c1-2-9-19(13-5-7-18-8-6-13)17(21)16-11-12-10-14(20(22)23)3-4-15(12)24-16;/h3-4,10-11,13,18H,2,5-9H2,1H3;1H. The predicted molar refractivity (Wildman–Crippen MR) is 103 cm³/mol. The molecular weight excluding hydrogens is 362 g/mol. The van der Waals surface area contributed by atoms with Gasteiger partial charge in [0.2, 0.25) is 0 Å². The number of carbonyl (C=O) groups is 1. The van der Waals surface area contributed by atoms with Gasteiger partial charge in [-0.2, -0.15) is 0 Å². The second-order valence-electron chi connectivity index (χ2n) is 6.07. The zero-order valence-corrected chi connectivity index (χ0v) is 15.7. The maximum Gasteiger partial charge on any atom is 0.270 e. The molecule has 1 amide bonds. The number of fused-ring (bicyclic) bond motifs is 1. The summed E-state index contributed by atoms with van der Waals surface area (Å²) in [6, 6.07) is 6.82. The summed E-state index contributed by atoms with van der Waals surface area (Å²) in [4.78, 5) is 26.2. The average Bonchev–Trinajstić information content (AvgIpc) is 3.03. The fraction of sp³-hybridized carbons (Fsp3) is 0.471. The van der Waals surface area contributed by atoms with Crippen LogP contribution in [0.15, 0.2) is 24.3 Å². The Morgan fingerprint density at radius 3 is 2.72 bits per heavy atom. The second-order valence-corrected chi connectivity index (χ2v) is 7.15. The molecular formula is C17H22ClN3O3S. The number of amides is 1. The van der Waals surface area contributed by atoms with Gasteiger partial charge < -0.3 is 10.2 Å². The number of rotatable bonds is 5. The van der Waals surface area contributed by atoms with Crippen molar-refractivity contribution in [1.29, 1.82) is 0 Å². The summed E-state index contributed by atoms with van der Waals surface area (Å²) in [5, 5.41) is 15.0. The lowest BCUT2D eigenvalue weighted by atomic mass is 10.0. The largest absolute Gasteiger partial charge is 0.335 e. The number of nitrogens with one attached hydrogen (secondary N) is 1. The molecule has 6 nitrogen and oxygen atoms in total. The van der Waals surface area contributed by atoms with Gasteiger partial charge in [0.1, 0.15) is 0 Å². The van der Waals surface area contributed by atoms with Crippen molar-refractivity contribution in [2.24, 2.45) is 0 Å². The summed E-state index contributed by atoms with van der Waals surface area (Å²) in [5.74, 6) is 0.0487. The van der Waals surface area contributed by atoms with Gasteiger partial charge in [-0.1, -0.05) is 6.92 Å². The summed E-state index contributed by atoms with van der Waals surface area (Å²) in [5.41, 5.74) is 0.0584. The van der Waals surface area contributed by atoms with Gasteiger partial charge in [-0.3, -0.25) is 14.9 Å². The highest BCUT2D eigenvalue weighted by molar-refractivity contribution is 7.20. The Bertz CT molecular complexity index is 759. The summed E-state index contributed by atoms with van der Waals surface area (Å²) in [6.07, 6.45) is 2.87. The van der Waals surface area contributed by atoms with Crippen LogP contribution in [-0.4, -0.2) is 41.4 Å². The number of hydrogen-bond donors (Lipinski definition) is 1. The lowest BCUT2D eigenvalue weighted by molar-refractivity contribution is -0.384. The Morgan fingerprint density at radius 2 is 2.08 bits per heavy atom. The Morgan fingerprint density at radius 1 is 1.36 bits per heavy atom. The first-order chi connectivity index (χ1) is 11.6. The van der Waals surface area contributed by atoms with Gasteiger partial charge in [-0.15, -0.1) is 23.7 Å². The van der Waals surface area contributed by atoms with Crippen molar-refractivity contribution < 1.29 is 9.72 Å². The smallest absolute Gasteiger partial charge is 0.270 e. The highest BCUT2D eigenvalue weighted by atomic mass is 35.5. The number of nitro benzene ring substituents is 1. The van der Waals surface area contributed by atoms with E-state index in [1.165, 1.54) is 23.5 Å². The number of thiophene rings is 1. The lowest BCUT2D eigenvalue weighted by Crippen LogP contribution is -2.46. The van der Waals surface area contributed by atoms with E-state index in [-0.39, 0.29) is 30.0 Å². The first-order valence-electron chi connectivity index (χ1n) is 8.30. The Balaban J connectivity index is 0.00000225. The number of hydrogen-bond acceptors (Lipinski definition) is 5. The second kappa shape index (κ2) is 8.60. The first-order valence-corrected chi connectivity index (χ1v) is 9.11. The average molecular weight is 384 g/mol. The van der Waals surface area contributed by atoms with E-state index in [1.807, 2.05) is 4.90 Å². The van der Waals surface area contributed by atoms with E-state index < -0.39 is 4.92 Å². The molecule has 1 saturated heterocycles. The van der Waals surface area contributed by atoms with Crippen molar-refractivity contribution in [2.45, 2.75) is 32.2 Å². The Labute approximate surface area is 156 Å². The fourth-order valence-electron chi connectivity index (χ4n) is 3.20. The topological polar surface area (TPSA) is 75.5 Å². The minimum atomic E-state index is -0.406. The normalized spacial score (nSPS) is 14.9. The van der Waals surface area contributed by atoms with Gasteiger partial charge in [0.05, 0.1) is 9.80 Å². The summed E-state index contributed by atoms with van der Waals surface area (Å²) in [6.45, 7) is 4.71. The highest BCUT2D eigenvalue weighted by Gasteiger charge is 2.26. The third-order valence-electron chi connectivity index (χ3n) is 4.40. The van der Waals surface area contributed by atoms with E-state index in [0.29, 0.717) is 4.88 Å². The van der Waals surface area contributed by atoms with Crippen molar-refractivity contribution in [3.63, 3.8) is 0 Å². The van der Waals surface area contributed by atoms with Crippen LogP contribution >= 0.6 is 23.7 Å². The van der Waals surface area contributed by atoms with Crippen molar-refractivity contribution in [3.05, 3.63) is 39.3 Å². The van der Waals surface area contributed by atoms with Gasteiger partial charge in [0.25, 0.3) is 11.6 Å². The number of non-ortho nitro benzene ring substituents is 1. The van der Waals surface area contributed by atoms with Gasteiger partial charge in [0, 0.05) is 34.8 Å². The molecule has 1 aromatic carbocycles. The van der Waals surface area contributed by atoms with Crippen molar-refractivity contribution in [1.82, 2.24) is 10.2 Å². The van der Waals surface area contributed by atoms with Crippen molar-refractivity contribution in [3.8, 4) is 0 Å². The van der Waals surface area contributed by atoms with Gasteiger partial charge in [-0.05, 0) is 44.5 Å². The maximum absolute atomic E-state index is 13.0. The van der Waals surface area contributed by atoms with E-state index in [0.717, 1.165) is 49.0 Å². The lowest BCUT2D eigenvalue weighted by Gasteiger charge is -2.34. The number of nitrogens with zero attached hydrogens (tertiary/aromatic N) is 2. The van der Waals surface area contributed by atoms with Gasteiger partial charge in [-0.25, -0.2) is 0 Å². The molecule has 1 aliphatic rings. The van der Waals surface area contributed by atoms with Crippen LogP contribution < -0.4 is 5.32 Å². The van der Waals surface area contributed by atoms with Crippen molar-refractivity contribution >= 4 is 45.4 Å². The molecule has 0 atom stereocenters. The zero-order valence-electron chi connectivity index (χ0n) is 14.1. The zero-order chi connectivity index (χ0) is 17.1. The number of halogens is 1. The molecule has 0 saturated carbocycles. The number of carbonyl (C=O) groups excluding carboxylic acids is 1. The molecule has 0 unspecified atom stereocenters. The summed E-state index contributed by atoms with van der Waals surface area (Å²) < 4.78 is 0.908. The molecule has 1 aliphatic heterocycles. The van der Waals surface area contributed by atoms with E-state index in [1.54, 1.807) is 12.1 Å². The van der Waals surface area contributed by atoms with Crippen LogP contribution in [0.1, 0.15) is 35.9 Å². The summed E-state index contributed by atoms with van der Waals surface area (Å²) in [7, 11) is 0. The molecule has 1 fully saturated rings. The highest BCUT2D eigenvalue weighted by Crippen LogP contribution is 2.30. The van der Waals surface area contributed by atoms with Crippen molar-refractivity contribution in [2.75, 3.05) is 19.6 Å². The molecule has 136 valence electrons. The van der Waals surface area contributed by atoms with Gasteiger partial charge in [0.15, 0.2) is 0 Å². The molecule has 2 heterocycles. The van der Waals surface area contributed by atoms with Crippen LogP contribution in [-0.2, 0) is 0 Å². The maximum atomic E-state index is 13.0. The molecule has 8 heteroatoms. The molecule has 3 rings (SSSR count). The van der Waals surface area contributed by atoms with E-state index in [9.17, 15) is 14.9 Å². The van der Waals surface area contributed by atoms with Crippen LogP contribution in [0.25, 0.3) is 10.1 Å². The monoisotopic (exact) mass is 383 g/mol. The number of nitro groups is 1. The van der Waals surface area contributed by atoms with Crippen LogP contribution in [0.3, 0.4) is 0 Å². The van der Waals surface area contributed by atoms with Crippen LogP contribution in [0.4, 0.5) is 5.69 Å². The number of benzene rings is 1. The van der Waals surface area contributed by atoms with E-state index in [4.69, 9.17) is 0 Å². The van der Waals surface area contributed by atoms with E-state index >= 15 is 0 Å². The minimum Gasteiger partial charge on any atom is -0.335 e. The SMILES string of the molecule is CCCN(C(=O)c1cc2cc([N+](=O)[O-])ccc2s1)C1CCNCC1.Cl. The molecule has 0 radical (unpaired) electrons. The summed E-state index contributed by atoms with van der Waals surface area (Å²) >= 11 is 1.41. The molecule has 25 heavy (non-hydrogen) atoms. The van der Waals surface area contributed by atoms with Gasteiger partial charge >= 0.3 is 0 Å². The number of piperidine rings is 1. The van der Waals surface area contributed by atoms with Crippen LogP contribution in [0.2, 0.25) is 0 Å². The fourth-order valence-corrected chi connectivity index (χ4v) is 4.20. The third kappa shape index (κ3) is 4.29. The Kier molecular flexibility index (Phi) is 6.75. The quantitative estimate of drug-likeness (QED) is 0.628.